The van der Waals surface area contributed by atoms with E-state index >= 15 is 0 Å². The zero-order valence-electron chi connectivity index (χ0n) is 12.0. The molecule has 9 heteroatoms. The smallest absolute Gasteiger partial charge is 0.349 e. The van der Waals surface area contributed by atoms with Crippen LogP contribution in [0, 0.1) is 5.82 Å². The van der Waals surface area contributed by atoms with Gasteiger partial charge in [0.05, 0.1) is 11.4 Å². The molecule has 0 aliphatic heterocycles. The number of nitrogens with one attached hydrogen (secondary N) is 1. The normalized spacial score (nSPS) is 11.4. The first-order valence-corrected chi connectivity index (χ1v) is 9.13. The third-order valence-electron chi connectivity index (χ3n) is 2.95. The number of halogens is 2. The number of ether oxygens (including phenoxy) is 1. The van der Waals surface area contributed by atoms with Crippen LogP contribution in [0.5, 0.6) is 0 Å². The van der Waals surface area contributed by atoms with Crippen molar-refractivity contribution in [1.29, 1.82) is 0 Å². The summed E-state index contributed by atoms with van der Waals surface area (Å²) in [4.78, 5) is 11.3. The molecule has 0 fully saturated rings. The largest absolute Gasteiger partial charge is 0.465 e. The molecule has 0 saturated carbocycles. The van der Waals surface area contributed by atoms with E-state index in [0.717, 1.165) is 24.0 Å². The van der Waals surface area contributed by atoms with Crippen LogP contribution in [0.4, 0.5) is 4.39 Å². The van der Waals surface area contributed by atoms with Crippen LogP contribution in [0.3, 0.4) is 0 Å². The van der Waals surface area contributed by atoms with Gasteiger partial charge in [0.2, 0.25) is 10.0 Å². The Morgan fingerprint density at radius 1 is 1.35 bits per heavy atom. The van der Waals surface area contributed by atoms with Crippen LogP contribution in [0.25, 0.3) is 0 Å². The predicted octanol–water partition coefficient (Wildman–Crippen LogP) is 2.85. The van der Waals surface area contributed by atoms with Crippen LogP contribution in [0.2, 0.25) is 4.34 Å². The van der Waals surface area contributed by atoms with E-state index in [0.29, 0.717) is 6.42 Å². The number of sulfonamides is 1. The maximum atomic E-state index is 12.8. The molecular formula is C14H13ClFNO4S2. The summed E-state index contributed by atoms with van der Waals surface area (Å²) >= 11 is 6.64. The molecule has 0 amide bonds. The summed E-state index contributed by atoms with van der Waals surface area (Å²) in [7, 11) is -2.74. The topological polar surface area (TPSA) is 72.5 Å². The lowest BCUT2D eigenvalue weighted by Gasteiger charge is -2.07. The molecule has 2 aromatic rings. The summed E-state index contributed by atoms with van der Waals surface area (Å²) in [6.45, 7) is 0.0993. The molecule has 1 aromatic heterocycles. The first-order chi connectivity index (χ1) is 10.8. The Balaban J connectivity index is 2.10. The fraction of sp³-hybridized carbons (Fsp3) is 0.214. The van der Waals surface area contributed by atoms with Gasteiger partial charge in [-0.3, -0.25) is 0 Å². The van der Waals surface area contributed by atoms with E-state index in [9.17, 15) is 17.6 Å². The number of hydrogen-bond acceptors (Lipinski definition) is 5. The molecule has 1 N–H and O–H groups in total. The monoisotopic (exact) mass is 377 g/mol. The molecule has 2 rings (SSSR count). The summed E-state index contributed by atoms with van der Waals surface area (Å²) in [6.07, 6.45) is 0.380. The van der Waals surface area contributed by atoms with E-state index in [1.54, 1.807) is 12.1 Å². The third-order valence-corrected chi connectivity index (χ3v) is 5.81. The van der Waals surface area contributed by atoms with Crippen molar-refractivity contribution in [1.82, 2.24) is 4.72 Å². The Bertz CT molecular complexity index is 803. The number of esters is 1. The number of thiophene rings is 1. The number of carbonyl (C=O) groups excluding carboxylic acids is 1. The van der Waals surface area contributed by atoms with Crippen molar-refractivity contribution in [2.45, 2.75) is 11.3 Å². The van der Waals surface area contributed by atoms with Crippen molar-refractivity contribution in [3.63, 3.8) is 0 Å². The first kappa shape index (κ1) is 17.9. The average Bonchev–Trinajstić information content (AvgIpc) is 2.91. The van der Waals surface area contributed by atoms with Gasteiger partial charge in [0.1, 0.15) is 15.6 Å². The second kappa shape index (κ2) is 7.39. The zero-order valence-corrected chi connectivity index (χ0v) is 14.4. The zero-order chi connectivity index (χ0) is 17.0. The molecule has 1 heterocycles. The van der Waals surface area contributed by atoms with Crippen molar-refractivity contribution in [3.05, 3.63) is 50.9 Å². The van der Waals surface area contributed by atoms with Gasteiger partial charge >= 0.3 is 5.97 Å². The van der Waals surface area contributed by atoms with Gasteiger partial charge in [-0.15, -0.1) is 11.3 Å². The van der Waals surface area contributed by atoms with Gasteiger partial charge in [0.25, 0.3) is 0 Å². The Hall–Kier alpha value is -1.48. The number of rotatable bonds is 6. The maximum absolute atomic E-state index is 12.8. The van der Waals surface area contributed by atoms with Crippen molar-refractivity contribution >= 4 is 38.9 Å². The Morgan fingerprint density at radius 3 is 2.61 bits per heavy atom. The van der Waals surface area contributed by atoms with Crippen molar-refractivity contribution in [3.8, 4) is 0 Å². The summed E-state index contributed by atoms with van der Waals surface area (Å²) < 4.78 is 44.5. The molecular weight excluding hydrogens is 365 g/mol. The van der Waals surface area contributed by atoms with Crippen molar-refractivity contribution < 1.29 is 22.3 Å². The van der Waals surface area contributed by atoms with E-state index < -0.39 is 16.0 Å². The summed E-state index contributed by atoms with van der Waals surface area (Å²) in [5, 5.41) is 0. The quantitative estimate of drug-likeness (QED) is 0.786. The van der Waals surface area contributed by atoms with Crippen LogP contribution >= 0.6 is 22.9 Å². The number of methoxy groups -OCH3 is 1. The highest BCUT2D eigenvalue weighted by atomic mass is 35.5. The van der Waals surface area contributed by atoms with Crippen LogP contribution < -0.4 is 4.72 Å². The summed E-state index contributed by atoms with van der Waals surface area (Å²) in [5.74, 6) is -1.12. The Kier molecular flexibility index (Phi) is 5.74. The molecule has 0 spiro atoms. The molecule has 0 radical (unpaired) electrons. The molecule has 0 aliphatic rings. The van der Waals surface area contributed by atoms with Gasteiger partial charge in [-0.05, 0) is 30.2 Å². The predicted molar refractivity (Wildman–Crippen MR) is 86.0 cm³/mol. The first-order valence-electron chi connectivity index (χ1n) is 6.45. The second-order valence-corrected chi connectivity index (χ2v) is 7.93. The van der Waals surface area contributed by atoms with Gasteiger partial charge in [-0.2, -0.15) is 0 Å². The standard InChI is InChI=1S/C14H13ClFNO4S2/c1-21-14(18)13-11(8-12(15)22-13)23(19,20)17-7-6-9-2-4-10(16)5-3-9/h2-5,8,17H,6-7H2,1H3. The fourth-order valence-corrected chi connectivity index (χ4v) is 4.60. The van der Waals surface area contributed by atoms with Gasteiger partial charge in [-0.25, -0.2) is 22.3 Å². The van der Waals surface area contributed by atoms with Gasteiger partial charge in [0.15, 0.2) is 0 Å². The molecule has 0 aliphatic carbocycles. The van der Waals surface area contributed by atoms with Crippen LogP contribution in [-0.4, -0.2) is 28.0 Å². The molecule has 1 aromatic carbocycles. The maximum Gasteiger partial charge on any atom is 0.349 e. The van der Waals surface area contributed by atoms with E-state index in [1.165, 1.54) is 18.2 Å². The van der Waals surface area contributed by atoms with Crippen LogP contribution in [0.1, 0.15) is 15.2 Å². The lowest BCUT2D eigenvalue weighted by Crippen LogP contribution is -2.27. The molecule has 0 saturated heterocycles. The minimum atomic E-state index is -3.90. The van der Waals surface area contributed by atoms with E-state index in [1.807, 2.05) is 0 Å². The minimum Gasteiger partial charge on any atom is -0.465 e. The second-order valence-electron chi connectivity index (χ2n) is 4.51. The van der Waals surface area contributed by atoms with E-state index in [2.05, 4.69) is 9.46 Å². The van der Waals surface area contributed by atoms with Gasteiger partial charge in [-0.1, -0.05) is 23.7 Å². The number of benzene rings is 1. The molecule has 5 nitrogen and oxygen atoms in total. The van der Waals surface area contributed by atoms with Crippen molar-refractivity contribution in [2.24, 2.45) is 0 Å². The average molecular weight is 378 g/mol. The lowest BCUT2D eigenvalue weighted by atomic mass is 10.1. The van der Waals surface area contributed by atoms with E-state index in [4.69, 9.17) is 11.6 Å². The highest BCUT2D eigenvalue weighted by Crippen LogP contribution is 2.30. The van der Waals surface area contributed by atoms with Crippen molar-refractivity contribution in [2.75, 3.05) is 13.7 Å². The van der Waals surface area contributed by atoms with Gasteiger partial charge in [0, 0.05) is 6.54 Å². The lowest BCUT2D eigenvalue weighted by molar-refractivity contribution is 0.0602. The van der Waals surface area contributed by atoms with Crippen LogP contribution in [-0.2, 0) is 21.2 Å². The van der Waals surface area contributed by atoms with Gasteiger partial charge < -0.3 is 4.74 Å². The Labute approximate surface area is 142 Å². The summed E-state index contributed by atoms with van der Waals surface area (Å²) in [5.41, 5.74) is 0.783. The molecule has 124 valence electrons. The highest BCUT2D eigenvalue weighted by Gasteiger charge is 2.26. The van der Waals surface area contributed by atoms with E-state index in [-0.39, 0.29) is 26.5 Å². The Morgan fingerprint density at radius 2 is 2.00 bits per heavy atom. The molecule has 23 heavy (non-hydrogen) atoms. The molecule has 0 bridgehead atoms. The summed E-state index contributed by atoms with van der Waals surface area (Å²) in [6, 6.07) is 6.96. The molecule has 0 atom stereocenters. The molecule has 0 unspecified atom stereocenters. The number of hydrogen-bond donors (Lipinski definition) is 1. The minimum absolute atomic E-state index is 0.0771. The SMILES string of the molecule is COC(=O)c1sc(Cl)cc1S(=O)(=O)NCCc1ccc(F)cc1. The third kappa shape index (κ3) is 4.51. The van der Waals surface area contributed by atoms with Crippen LogP contribution in [0.15, 0.2) is 35.2 Å². The fourth-order valence-electron chi connectivity index (χ4n) is 1.84. The highest BCUT2D eigenvalue weighted by molar-refractivity contribution is 7.89. The number of carbonyl (C=O) groups is 1.